The van der Waals surface area contributed by atoms with Gasteiger partial charge in [0.1, 0.15) is 0 Å². The molecule has 0 bridgehead atoms. The van der Waals surface area contributed by atoms with Gasteiger partial charge in [0.25, 0.3) is 5.91 Å². The minimum atomic E-state index is -0.259. The Morgan fingerprint density at radius 3 is 2.74 bits per heavy atom. The van der Waals surface area contributed by atoms with Crippen LogP contribution in [0.3, 0.4) is 0 Å². The standard InChI is InChI=1S/C12H11Cl2N3O2/c13-7-5-8-10(9(14)6-7)15-12(18)11(8)16-17-1-3-19-4-2-17/h5-6H,1-4H2,(H,15,16,18). The smallest absolute Gasteiger partial charge is 0.276 e. The highest BCUT2D eigenvalue weighted by atomic mass is 35.5. The maximum absolute atomic E-state index is 12.0. The highest BCUT2D eigenvalue weighted by molar-refractivity contribution is 6.56. The molecule has 0 aromatic heterocycles. The Kier molecular flexibility index (Phi) is 3.35. The van der Waals surface area contributed by atoms with Gasteiger partial charge < -0.3 is 10.1 Å². The zero-order chi connectivity index (χ0) is 13.4. The van der Waals surface area contributed by atoms with E-state index in [0.717, 1.165) is 0 Å². The third kappa shape index (κ3) is 2.41. The molecule has 1 aromatic rings. The lowest BCUT2D eigenvalue weighted by molar-refractivity contribution is -0.110. The predicted molar refractivity (Wildman–Crippen MR) is 74.0 cm³/mol. The third-order valence-electron chi connectivity index (χ3n) is 2.99. The van der Waals surface area contributed by atoms with Gasteiger partial charge in [-0.2, -0.15) is 5.10 Å². The SMILES string of the molecule is O=C1Nc2c(Cl)cc(Cl)cc2/C1=N/N1CCOCC1. The Labute approximate surface area is 120 Å². The summed E-state index contributed by atoms with van der Waals surface area (Å²) < 4.78 is 5.25. The number of morpholine rings is 1. The normalized spacial score (nSPS) is 20.6. The van der Waals surface area contributed by atoms with E-state index in [9.17, 15) is 4.79 Å². The maximum Gasteiger partial charge on any atom is 0.276 e. The molecule has 1 fully saturated rings. The summed E-state index contributed by atoms with van der Waals surface area (Å²) in [5.74, 6) is -0.259. The minimum absolute atomic E-state index is 0.259. The second-order valence-corrected chi connectivity index (χ2v) is 5.12. The second kappa shape index (κ2) is 5.00. The first kappa shape index (κ1) is 12.7. The lowest BCUT2D eigenvalue weighted by Gasteiger charge is -2.24. The summed E-state index contributed by atoms with van der Waals surface area (Å²) in [7, 11) is 0. The largest absolute Gasteiger partial charge is 0.378 e. The average Bonchev–Trinajstić information content (AvgIpc) is 2.69. The van der Waals surface area contributed by atoms with Crippen LogP contribution in [0.25, 0.3) is 0 Å². The molecule has 0 unspecified atom stereocenters. The van der Waals surface area contributed by atoms with Gasteiger partial charge in [-0.05, 0) is 12.1 Å². The van der Waals surface area contributed by atoms with Crippen LogP contribution in [0.5, 0.6) is 0 Å². The number of rotatable bonds is 1. The summed E-state index contributed by atoms with van der Waals surface area (Å²) in [6.07, 6.45) is 0. The van der Waals surface area contributed by atoms with E-state index >= 15 is 0 Å². The topological polar surface area (TPSA) is 53.9 Å². The summed E-state index contributed by atoms with van der Waals surface area (Å²) in [4.78, 5) is 12.0. The Bertz CT molecular complexity index is 568. The predicted octanol–water partition coefficient (Wildman–Crippen LogP) is 1.98. The van der Waals surface area contributed by atoms with E-state index in [4.69, 9.17) is 27.9 Å². The molecular formula is C12H11Cl2N3O2. The average molecular weight is 300 g/mol. The van der Waals surface area contributed by atoms with Crippen molar-refractivity contribution in [2.24, 2.45) is 5.10 Å². The highest BCUT2D eigenvalue weighted by Crippen LogP contribution is 2.34. The van der Waals surface area contributed by atoms with Crippen molar-refractivity contribution in [1.82, 2.24) is 5.01 Å². The van der Waals surface area contributed by atoms with Crippen molar-refractivity contribution >= 4 is 40.5 Å². The fourth-order valence-electron chi connectivity index (χ4n) is 2.08. The van der Waals surface area contributed by atoms with Gasteiger partial charge in [-0.1, -0.05) is 23.2 Å². The molecule has 1 N–H and O–H groups in total. The monoisotopic (exact) mass is 299 g/mol. The number of halogens is 2. The molecule has 2 aliphatic heterocycles. The number of hydrazone groups is 1. The van der Waals surface area contributed by atoms with E-state index in [0.29, 0.717) is 53.3 Å². The van der Waals surface area contributed by atoms with Crippen LogP contribution in [0.4, 0.5) is 5.69 Å². The third-order valence-corrected chi connectivity index (χ3v) is 3.51. The van der Waals surface area contributed by atoms with Crippen molar-refractivity contribution in [2.45, 2.75) is 0 Å². The van der Waals surface area contributed by atoms with Gasteiger partial charge in [0.05, 0.1) is 37.0 Å². The first-order valence-corrected chi connectivity index (χ1v) is 6.63. The minimum Gasteiger partial charge on any atom is -0.378 e. The van der Waals surface area contributed by atoms with Crippen LogP contribution in [0.2, 0.25) is 10.0 Å². The van der Waals surface area contributed by atoms with Crippen molar-refractivity contribution in [1.29, 1.82) is 0 Å². The lowest BCUT2D eigenvalue weighted by atomic mass is 10.1. The number of carbonyl (C=O) groups is 1. The first-order valence-electron chi connectivity index (χ1n) is 5.87. The van der Waals surface area contributed by atoms with E-state index < -0.39 is 0 Å². The van der Waals surface area contributed by atoms with Crippen molar-refractivity contribution in [3.05, 3.63) is 27.7 Å². The molecule has 0 atom stereocenters. The number of fused-ring (bicyclic) bond motifs is 1. The number of amides is 1. The van der Waals surface area contributed by atoms with Crippen molar-refractivity contribution in [2.75, 3.05) is 31.6 Å². The Morgan fingerprint density at radius 1 is 1.26 bits per heavy atom. The van der Waals surface area contributed by atoms with Crippen LogP contribution in [0.15, 0.2) is 17.2 Å². The quantitative estimate of drug-likeness (QED) is 0.863. The van der Waals surface area contributed by atoms with Gasteiger partial charge in [0.2, 0.25) is 0 Å². The molecule has 1 amide bonds. The molecule has 3 rings (SSSR count). The number of anilines is 1. The van der Waals surface area contributed by atoms with Crippen molar-refractivity contribution < 1.29 is 9.53 Å². The molecular weight excluding hydrogens is 289 g/mol. The van der Waals surface area contributed by atoms with E-state index in [2.05, 4.69) is 10.4 Å². The molecule has 0 saturated carbocycles. The molecule has 1 saturated heterocycles. The van der Waals surface area contributed by atoms with Gasteiger partial charge >= 0.3 is 0 Å². The fourth-order valence-corrected chi connectivity index (χ4v) is 2.62. The van der Waals surface area contributed by atoms with E-state index in [1.807, 2.05) is 5.01 Å². The Hall–Kier alpha value is -1.30. The van der Waals surface area contributed by atoms with Gasteiger partial charge in [-0.15, -0.1) is 0 Å². The number of nitrogens with zero attached hydrogens (tertiary/aromatic N) is 2. The summed E-state index contributed by atoms with van der Waals surface area (Å²) in [5.41, 5.74) is 1.57. The highest BCUT2D eigenvalue weighted by Gasteiger charge is 2.29. The summed E-state index contributed by atoms with van der Waals surface area (Å²) in [6, 6.07) is 3.29. The van der Waals surface area contributed by atoms with Crippen molar-refractivity contribution in [3.8, 4) is 0 Å². The summed E-state index contributed by atoms with van der Waals surface area (Å²) in [5, 5.41) is 9.82. The first-order chi connectivity index (χ1) is 9.15. The fraction of sp³-hybridized carbons (Fsp3) is 0.333. The number of carbonyl (C=O) groups excluding carboxylic acids is 1. The molecule has 5 nitrogen and oxygen atoms in total. The molecule has 2 aliphatic rings. The van der Waals surface area contributed by atoms with E-state index in [1.54, 1.807) is 12.1 Å². The second-order valence-electron chi connectivity index (χ2n) is 4.28. The summed E-state index contributed by atoms with van der Waals surface area (Å²) in [6.45, 7) is 2.56. The van der Waals surface area contributed by atoms with E-state index in [1.165, 1.54) is 0 Å². The molecule has 1 aromatic carbocycles. The zero-order valence-corrected chi connectivity index (χ0v) is 11.5. The number of ether oxygens (including phenoxy) is 1. The van der Waals surface area contributed by atoms with E-state index in [-0.39, 0.29) is 5.91 Å². The summed E-state index contributed by atoms with van der Waals surface area (Å²) >= 11 is 12.0. The zero-order valence-electron chi connectivity index (χ0n) is 9.95. The van der Waals surface area contributed by atoms with Crippen LogP contribution in [0.1, 0.15) is 5.56 Å². The van der Waals surface area contributed by atoms with Crippen LogP contribution >= 0.6 is 23.2 Å². The molecule has 0 radical (unpaired) electrons. The van der Waals surface area contributed by atoms with Gasteiger partial charge in [-0.3, -0.25) is 9.80 Å². The maximum atomic E-state index is 12.0. The van der Waals surface area contributed by atoms with Crippen LogP contribution in [-0.4, -0.2) is 42.9 Å². The molecule has 0 aliphatic carbocycles. The molecule has 100 valence electrons. The Morgan fingerprint density at radius 2 is 2.00 bits per heavy atom. The number of hydrogen-bond acceptors (Lipinski definition) is 4. The van der Waals surface area contributed by atoms with Gasteiger partial charge in [0.15, 0.2) is 5.71 Å². The van der Waals surface area contributed by atoms with Crippen LogP contribution in [-0.2, 0) is 9.53 Å². The lowest BCUT2D eigenvalue weighted by Crippen LogP contribution is -2.34. The molecule has 19 heavy (non-hydrogen) atoms. The van der Waals surface area contributed by atoms with Crippen LogP contribution in [0, 0.1) is 0 Å². The molecule has 7 heteroatoms. The molecule has 2 heterocycles. The number of nitrogens with one attached hydrogen (secondary N) is 1. The van der Waals surface area contributed by atoms with Crippen molar-refractivity contribution in [3.63, 3.8) is 0 Å². The van der Waals surface area contributed by atoms with Gasteiger partial charge in [-0.25, -0.2) is 0 Å². The number of benzene rings is 1. The number of hydrogen-bond donors (Lipinski definition) is 1. The van der Waals surface area contributed by atoms with Gasteiger partial charge in [0, 0.05) is 10.6 Å². The van der Waals surface area contributed by atoms with Crippen LogP contribution < -0.4 is 5.32 Å². The molecule has 0 spiro atoms. The Balaban J connectivity index is 1.99.